The lowest BCUT2D eigenvalue weighted by molar-refractivity contribution is -0.497. The van der Waals surface area contributed by atoms with Crippen molar-refractivity contribution in [3.8, 4) is 0 Å². The van der Waals surface area contributed by atoms with Gasteiger partial charge >= 0.3 is 0 Å². The minimum Gasteiger partial charge on any atom is -0.353 e. The van der Waals surface area contributed by atoms with Crippen LogP contribution in [0.2, 0.25) is 0 Å². The molecule has 2 amide bonds. The van der Waals surface area contributed by atoms with Gasteiger partial charge < -0.3 is 10.6 Å². The van der Waals surface area contributed by atoms with E-state index in [1.165, 1.54) is 0 Å². The summed E-state index contributed by atoms with van der Waals surface area (Å²) in [5, 5.41) is 26.7. The Morgan fingerprint density at radius 3 is 1.92 bits per heavy atom. The smallest absolute Gasteiger partial charge is 0.230 e. The van der Waals surface area contributed by atoms with Crippen LogP contribution in [0, 0.1) is 38.0 Å². The minimum atomic E-state index is -0.830. The number of nitro groups is 2. The van der Waals surface area contributed by atoms with Crippen LogP contribution in [0.4, 0.5) is 0 Å². The molecule has 0 saturated heterocycles. The molecule has 0 bridgehead atoms. The van der Waals surface area contributed by atoms with Crippen molar-refractivity contribution < 1.29 is 19.4 Å². The molecule has 0 aromatic carbocycles. The number of carbonyl (C=O) groups excluding carboxylic acids is 2. The van der Waals surface area contributed by atoms with Gasteiger partial charge in [-0.05, 0) is 12.8 Å². The fraction of sp³-hybridized carbons (Fsp3) is 0.857. The van der Waals surface area contributed by atoms with Crippen LogP contribution in [0.15, 0.2) is 0 Å². The third-order valence-electron chi connectivity index (χ3n) is 5.04. The number of rotatable bonds is 8. The zero-order chi connectivity index (χ0) is 18.2. The molecular formula is C14H22N4O6. The Kier molecular flexibility index (Phi) is 4.77. The van der Waals surface area contributed by atoms with Crippen LogP contribution in [0.3, 0.4) is 0 Å². The number of hydrogen-bond acceptors (Lipinski definition) is 6. The van der Waals surface area contributed by atoms with Crippen molar-refractivity contribution >= 4 is 11.8 Å². The molecular weight excluding hydrogens is 320 g/mol. The summed E-state index contributed by atoms with van der Waals surface area (Å²) in [5.74, 6) is -2.07. The Labute approximate surface area is 138 Å². The monoisotopic (exact) mass is 342 g/mol. The second-order valence-corrected chi connectivity index (χ2v) is 7.17. The maximum Gasteiger partial charge on any atom is 0.230 e. The van der Waals surface area contributed by atoms with Gasteiger partial charge in [-0.1, -0.05) is 13.8 Å². The van der Waals surface area contributed by atoms with Crippen LogP contribution in [-0.2, 0) is 9.59 Å². The summed E-state index contributed by atoms with van der Waals surface area (Å²) in [7, 11) is 0. The first-order valence-corrected chi connectivity index (χ1v) is 7.93. The van der Waals surface area contributed by atoms with E-state index in [4.69, 9.17) is 0 Å². The van der Waals surface area contributed by atoms with Crippen molar-refractivity contribution in [2.24, 2.45) is 17.8 Å². The third kappa shape index (κ3) is 3.80. The normalized spacial score (nSPS) is 30.2. The molecule has 0 spiro atoms. The van der Waals surface area contributed by atoms with Gasteiger partial charge in [0.05, 0.1) is 5.54 Å². The molecule has 2 N–H and O–H groups in total. The average Bonchev–Trinajstić information content (AvgIpc) is 3.36. The average molecular weight is 342 g/mol. The Morgan fingerprint density at radius 2 is 1.54 bits per heavy atom. The van der Waals surface area contributed by atoms with Crippen LogP contribution < -0.4 is 10.6 Å². The van der Waals surface area contributed by atoms with Gasteiger partial charge in [-0.25, -0.2) is 0 Å². The minimum absolute atomic E-state index is 0.0416. The number of hydrogen-bond donors (Lipinski definition) is 2. The Hall–Kier alpha value is -2.26. The number of nitrogens with one attached hydrogen (secondary N) is 2. The first-order valence-electron chi connectivity index (χ1n) is 7.93. The van der Waals surface area contributed by atoms with Gasteiger partial charge in [0.25, 0.3) is 0 Å². The maximum atomic E-state index is 12.2. The summed E-state index contributed by atoms with van der Waals surface area (Å²) in [5.41, 5.74) is -0.782. The Balaban J connectivity index is 1.88. The van der Waals surface area contributed by atoms with E-state index in [-0.39, 0.29) is 25.3 Å². The molecule has 0 aliphatic heterocycles. The Bertz CT molecular complexity index is 580. The topological polar surface area (TPSA) is 144 Å². The molecule has 0 radical (unpaired) electrons. The summed E-state index contributed by atoms with van der Waals surface area (Å²) in [6.45, 7) is 5.59. The fourth-order valence-corrected chi connectivity index (χ4v) is 2.56. The van der Waals surface area contributed by atoms with Crippen molar-refractivity contribution in [3.05, 3.63) is 20.2 Å². The highest BCUT2D eigenvalue weighted by molar-refractivity contribution is 5.83. The van der Waals surface area contributed by atoms with Crippen molar-refractivity contribution in [1.82, 2.24) is 10.6 Å². The molecule has 0 aromatic heterocycles. The van der Waals surface area contributed by atoms with Gasteiger partial charge in [-0.3, -0.25) is 29.8 Å². The molecule has 2 aliphatic rings. The first kappa shape index (κ1) is 18.1. The predicted octanol–water partition coefficient (Wildman–Crippen LogP) is -0.0361. The van der Waals surface area contributed by atoms with E-state index >= 15 is 0 Å². The molecule has 134 valence electrons. The summed E-state index contributed by atoms with van der Waals surface area (Å²) in [6, 6.07) is -1.65. The zero-order valence-corrected chi connectivity index (χ0v) is 13.9. The van der Waals surface area contributed by atoms with Crippen molar-refractivity contribution in [2.45, 2.75) is 51.2 Å². The lowest BCUT2D eigenvalue weighted by Crippen LogP contribution is -2.57. The van der Waals surface area contributed by atoms with Crippen molar-refractivity contribution in [3.63, 3.8) is 0 Å². The van der Waals surface area contributed by atoms with Crippen molar-refractivity contribution in [1.29, 1.82) is 0 Å². The zero-order valence-electron chi connectivity index (χ0n) is 13.9. The predicted molar refractivity (Wildman–Crippen MR) is 82.2 cm³/mol. The van der Waals surface area contributed by atoms with Crippen LogP contribution in [0.5, 0.6) is 0 Å². The molecule has 0 aromatic rings. The second kappa shape index (κ2) is 6.33. The van der Waals surface area contributed by atoms with Crippen LogP contribution in [0.1, 0.15) is 33.6 Å². The lowest BCUT2D eigenvalue weighted by Gasteiger charge is -2.35. The molecule has 24 heavy (non-hydrogen) atoms. The lowest BCUT2D eigenvalue weighted by atomic mass is 9.88. The number of nitrogens with zero attached hydrogens (tertiary/aromatic N) is 2. The van der Waals surface area contributed by atoms with Gasteiger partial charge in [-0.2, -0.15) is 0 Å². The highest BCUT2D eigenvalue weighted by atomic mass is 16.6. The third-order valence-corrected chi connectivity index (χ3v) is 5.04. The SMILES string of the molecule is CC(C)[C@](C)(CNC(=O)[C@@H]1C[C@@H]1[N+](=O)[O-])NC(=O)[C@H]1C[C@H]1[N+](=O)[O-]. The summed E-state index contributed by atoms with van der Waals surface area (Å²) < 4.78 is 0. The van der Waals surface area contributed by atoms with Crippen LogP contribution in [0.25, 0.3) is 0 Å². The van der Waals surface area contributed by atoms with Gasteiger partial charge in [0.2, 0.25) is 23.9 Å². The van der Waals surface area contributed by atoms with E-state index in [1.807, 2.05) is 13.8 Å². The van der Waals surface area contributed by atoms with Gasteiger partial charge in [0, 0.05) is 29.2 Å². The van der Waals surface area contributed by atoms with Gasteiger partial charge in [-0.15, -0.1) is 0 Å². The molecule has 2 saturated carbocycles. The molecule has 0 unspecified atom stereocenters. The summed E-state index contributed by atoms with van der Waals surface area (Å²) >= 11 is 0. The van der Waals surface area contributed by atoms with Crippen LogP contribution >= 0.6 is 0 Å². The largest absolute Gasteiger partial charge is 0.353 e. The van der Waals surface area contributed by atoms with Crippen molar-refractivity contribution in [2.75, 3.05) is 6.54 Å². The quantitative estimate of drug-likeness (QED) is 0.468. The van der Waals surface area contributed by atoms with Gasteiger partial charge in [0.15, 0.2) is 0 Å². The van der Waals surface area contributed by atoms with Crippen LogP contribution in [-0.4, -0.2) is 45.8 Å². The molecule has 10 nitrogen and oxygen atoms in total. The number of amides is 2. The summed E-state index contributed by atoms with van der Waals surface area (Å²) in [6.07, 6.45) is 0.460. The molecule has 10 heteroatoms. The Morgan fingerprint density at radius 1 is 1.08 bits per heavy atom. The van der Waals surface area contributed by atoms with Gasteiger partial charge in [0.1, 0.15) is 11.8 Å². The van der Waals surface area contributed by atoms with E-state index in [9.17, 15) is 29.8 Å². The standard InChI is InChI=1S/C14H22N4O6/c1-7(2)14(3,16-13(20)9-5-11(9)18(23)24)6-15-12(19)8-4-10(8)17(21)22/h7-11H,4-6H2,1-3H3,(H,15,19)(H,16,20)/t8-,9+,10+,11-,14+/m1/s1. The fourth-order valence-electron chi connectivity index (χ4n) is 2.56. The highest BCUT2D eigenvalue weighted by Crippen LogP contribution is 2.35. The molecule has 2 aliphatic carbocycles. The van der Waals surface area contributed by atoms with E-state index in [2.05, 4.69) is 10.6 Å². The summed E-state index contributed by atoms with van der Waals surface area (Å²) in [4.78, 5) is 44.5. The highest BCUT2D eigenvalue weighted by Gasteiger charge is 2.55. The van der Waals surface area contributed by atoms with E-state index < -0.39 is 51.1 Å². The van der Waals surface area contributed by atoms with E-state index in [0.29, 0.717) is 0 Å². The maximum absolute atomic E-state index is 12.2. The molecule has 2 rings (SSSR count). The number of carbonyl (C=O) groups is 2. The first-order chi connectivity index (χ1) is 11.1. The molecule has 2 fully saturated rings. The second-order valence-electron chi connectivity index (χ2n) is 7.17. The molecule has 5 atom stereocenters. The van der Waals surface area contributed by atoms with E-state index in [0.717, 1.165) is 0 Å². The van der Waals surface area contributed by atoms with E-state index in [1.54, 1.807) is 6.92 Å². The molecule has 0 heterocycles.